The van der Waals surface area contributed by atoms with Crippen molar-refractivity contribution in [2.24, 2.45) is 5.73 Å². The third-order valence-corrected chi connectivity index (χ3v) is 2.93. The lowest BCUT2D eigenvalue weighted by molar-refractivity contribution is 0.655. The van der Waals surface area contributed by atoms with Crippen molar-refractivity contribution in [3.8, 4) is 11.3 Å². The van der Waals surface area contributed by atoms with Gasteiger partial charge in [-0.1, -0.05) is 28.1 Å². The summed E-state index contributed by atoms with van der Waals surface area (Å²) in [4.78, 5) is 4.19. The van der Waals surface area contributed by atoms with Crippen LogP contribution in [0.25, 0.3) is 11.3 Å². The minimum absolute atomic E-state index is 0.704. The molecule has 0 aliphatic carbocycles. The Hall–Kier alpha value is -1.13. The van der Waals surface area contributed by atoms with E-state index in [1.807, 2.05) is 24.7 Å². The van der Waals surface area contributed by atoms with E-state index in [4.69, 9.17) is 5.73 Å². The molecule has 0 bridgehead atoms. The first-order chi connectivity index (χ1) is 7.81. The maximum atomic E-state index is 5.52. The van der Waals surface area contributed by atoms with Gasteiger partial charge in [0.15, 0.2) is 0 Å². The number of nitrogens with zero attached hydrogens (tertiary/aromatic N) is 2. The van der Waals surface area contributed by atoms with Crippen molar-refractivity contribution in [3.63, 3.8) is 0 Å². The fourth-order valence-corrected chi connectivity index (χ4v) is 2.05. The molecule has 0 fully saturated rings. The molecule has 0 amide bonds. The summed E-state index contributed by atoms with van der Waals surface area (Å²) < 4.78 is 3.21. The van der Waals surface area contributed by atoms with Crippen LogP contribution in [0.3, 0.4) is 0 Å². The first kappa shape index (κ1) is 11.4. The monoisotopic (exact) mass is 279 g/mol. The summed E-state index contributed by atoms with van der Waals surface area (Å²) in [5.41, 5.74) is 7.82. The van der Waals surface area contributed by atoms with E-state index in [0.29, 0.717) is 6.54 Å². The van der Waals surface area contributed by atoms with Crippen LogP contribution in [0.5, 0.6) is 0 Å². The Morgan fingerprint density at radius 2 is 2.25 bits per heavy atom. The Bertz CT molecular complexity index is 465. The summed E-state index contributed by atoms with van der Waals surface area (Å²) >= 11 is 3.48. The molecule has 0 radical (unpaired) electrons. The van der Waals surface area contributed by atoms with Crippen LogP contribution in [-0.2, 0) is 6.54 Å². The number of hydrogen-bond acceptors (Lipinski definition) is 2. The maximum absolute atomic E-state index is 5.52. The van der Waals surface area contributed by atoms with Crippen LogP contribution < -0.4 is 5.73 Å². The first-order valence-corrected chi connectivity index (χ1v) is 6.06. The third kappa shape index (κ3) is 2.51. The minimum atomic E-state index is 0.704. The van der Waals surface area contributed by atoms with Gasteiger partial charge in [-0.25, -0.2) is 4.98 Å². The molecule has 0 saturated carbocycles. The lowest BCUT2D eigenvalue weighted by atomic mass is 10.2. The van der Waals surface area contributed by atoms with Gasteiger partial charge >= 0.3 is 0 Å². The van der Waals surface area contributed by atoms with Crippen molar-refractivity contribution >= 4 is 15.9 Å². The summed E-state index contributed by atoms with van der Waals surface area (Å²) in [7, 11) is 0. The fourth-order valence-electron chi connectivity index (χ4n) is 1.65. The molecule has 2 aromatic rings. The minimum Gasteiger partial charge on any atom is -0.331 e. The van der Waals surface area contributed by atoms with Crippen LogP contribution >= 0.6 is 15.9 Å². The van der Waals surface area contributed by atoms with Gasteiger partial charge in [0, 0.05) is 16.6 Å². The van der Waals surface area contributed by atoms with Crippen molar-refractivity contribution in [1.82, 2.24) is 9.55 Å². The molecule has 3 nitrogen and oxygen atoms in total. The van der Waals surface area contributed by atoms with E-state index in [9.17, 15) is 0 Å². The Kier molecular flexibility index (Phi) is 3.74. The number of halogens is 1. The molecular weight excluding hydrogens is 266 g/mol. The van der Waals surface area contributed by atoms with Crippen LogP contribution in [0.1, 0.15) is 6.42 Å². The highest BCUT2D eigenvalue weighted by Gasteiger charge is 2.04. The second kappa shape index (κ2) is 5.27. The Labute approximate surface area is 103 Å². The van der Waals surface area contributed by atoms with Crippen LogP contribution in [-0.4, -0.2) is 16.1 Å². The molecule has 16 heavy (non-hydrogen) atoms. The molecule has 4 heteroatoms. The van der Waals surface area contributed by atoms with E-state index in [1.165, 1.54) is 5.56 Å². The molecule has 0 aliphatic rings. The predicted molar refractivity (Wildman–Crippen MR) is 69.0 cm³/mol. The van der Waals surface area contributed by atoms with Crippen LogP contribution in [0.4, 0.5) is 0 Å². The van der Waals surface area contributed by atoms with E-state index in [2.05, 4.69) is 37.6 Å². The molecule has 1 aromatic carbocycles. The lowest BCUT2D eigenvalue weighted by Gasteiger charge is -2.07. The standard InChI is InChI=1S/C12H14BrN3/c13-11-4-1-3-10(7-11)12-8-15-9-16(12)6-2-5-14/h1,3-4,7-9H,2,5-6,14H2. The Morgan fingerprint density at radius 3 is 3.00 bits per heavy atom. The number of benzene rings is 1. The van der Waals surface area contributed by atoms with E-state index < -0.39 is 0 Å². The third-order valence-electron chi connectivity index (χ3n) is 2.44. The highest BCUT2D eigenvalue weighted by atomic mass is 79.9. The highest BCUT2D eigenvalue weighted by molar-refractivity contribution is 9.10. The summed E-state index contributed by atoms with van der Waals surface area (Å²) in [6.07, 6.45) is 4.71. The van der Waals surface area contributed by atoms with Crippen molar-refractivity contribution in [2.75, 3.05) is 6.54 Å². The van der Waals surface area contributed by atoms with Gasteiger partial charge in [-0.3, -0.25) is 0 Å². The fraction of sp³-hybridized carbons (Fsp3) is 0.250. The normalized spacial score (nSPS) is 10.6. The van der Waals surface area contributed by atoms with E-state index in [0.717, 1.165) is 23.1 Å². The van der Waals surface area contributed by atoms with Crippen molar-refractivity contribution < 1.29 is 0 Å². The zero-order valence-electron chi connectivity index (χ0n) is 8.94. The molecule has 2 N–H and O–H groups in total. The van der Waals surface area contributed by atoms with Gasteiger partial charge in [0.1, 0.15) is 0 Å². The smallest absolute Gasteiger partial charge is 0.0950 e. The molecule has 84 valence electrons. The zero-order valence-corrected chi connectivity index (χ0v) is 10.5. The molecule has 0 atom stereocenters. The molecule has 0 saturated heterocycles. The largest absolute Gasteiger partial charge is 0.331 e. The lowest BCUT2D eigenvalue weighted by Crippen LogP contribution is -2.05. The van der Waals surface area contributed by atoms with Crippen LogP contribution in [0.2, 0.25) is 0 Å². The Balaban J connectivity index is 2.29. The number of hydrogen-bond donors (Lipinski definition) is 1. The van der Waals surface area contributed by atoms with E-state index in [-0.39, 0.29) is 0 Å². The second-order valence-electron chi connectivity index (χ2n) is 3.62. The highest BCUT2D eigenvalue weighted by Crippen LogP contribution is 2.22. The van der Waals surface area contributed by atoms with Gasteiger partial charge in [-0.05, 0) is 25.1 Å². The average Bonchev–Trinajstić information content (AvgIpc) is 2.74. The van der Waals surface area contributed by atoms with Crippen molar-refractivity contribution in [2.45, 2.75) is 13.0 Å². The first-order valence-electron chi connectivity index (χ1n) is 5.27. The molecular formula is C12H14BrN3. The molecule has 0 spiro atoms. The van der Waals surface area contributed by atoms with Crippen LogP contribution in [0.15, 0.2) is 41.3 Å². The van der Waals surface area contributed by atoms with Crippen molar-refractivity contribution in [1.29, 1.82) is 0 Å². The van der Waals surface area contributed by atoms with Crippen molar-refractivity contribution in [3.05, 3.63) is 41.3 Å². The molecule has 0 aliphatic heterocycles. The van der Waals surface area contributed by atoms with Crippen LogP contribution in [0, 0.1) is 0 Å². The summed E-state index contributed by atoms with van der Waals surface area (Å²) in [5, 5.41) is 0. The molecule has 0 unspecified atom stereocenters. The molecule has 2 rings (SSSR count). The van der Waals surface area contributed by atoms with Gasteiger partial charge in [0.2, 0.25) is 0 Å². The number of aryl methyl sites for hydroxylation is 1. The summed E-state index contributed by atoms with van der Waals surface area (Å²) in [5.74, 6) is 0. The maximum Gasteiger partial charge on any atom is 0.0950 e. The van der Waals surface area contributed by atoms with Gasteiger partial charge in [0.05, 0.1) is 18.2 Å². The van der Waals surface area contributed by atoms with Gasteiger partial charge in [-0.2, -0.15) is 0 Å². The van der Waals surface area contributed by atoms with E-state index in [1.54, 1.807) is 0 Å². The molecule has 1 heterocycles. The number of nitrogens with two attached hydrogens (primary N) is 1. The predicted octanol–water partition coefficient (Wildman–Crippen LogP) is 2.66. The quantitative estimate of drug-likeness (QED) is 0.935. The molecule has 1 aromatic heterocycles. The van der Waals surface area contributed by atoms with Gasteiger partial charge in [0.25, 0.3) is 0 Å². The number of imidazole rings is 1. The zero-order chi connectivity index (χ0) is 11.4. The second-order valence-corrected chi connectivity index (χ2v) is 4.54. The average molecular weight is 280 g/mol. The topological polar surface area (TPSA) is 43.8 Å². The van der Waals surface area contributed by atoms with Gasteiger partial charge in [-0.15, -0.1) is 0 Å². The van der Waals surface area contributed by atoms with E-state index >= 15 is 0 Å². The SMILES string of the molecule is NCCCn1cncc1-c1cccc(Br)c1. The number of aromatic nitrogens is 2. The number of rotatable bonds is 4. The Morgan fingerprint density at radius 1 is 1.38 bits per heavy atom. The van der Waals surface area contributed by atoms with Gasteiger partial charge < -0.3 is 10.3 Å². The summed E-state index contributed by atoms with van der Waals surface area (Å²) in [6.45, 7) is 1.62. The summed E-state index contributed by atoms with van der Waals surface area (Å²) in [6, 6.07) is 8.22.